The van der Waals surface area contributed by atoms with Gasteiger partial charge in [-0.3, -0.25) is 9.78 Å². The Balaban J connectivity index is 1.27. The third-order valence-corrected chi connectivity index (χ3v) is 6.07. The minimum Gasteiger partial charge on any atom is -0.325 e. The lowest BCUT2D eigenvalue weighted by Crippen LogP contribution is -3.28. The number of rotatable bonds is 8. The van der Waals surface area contributed by atoms with E-state index >= 15 is 0 Å². The minimum absolute atomic E-state index is 0.0427. The Morgan fingerprint density at radius 2 is 1.59 bits per heavy atom. The molecule has 6 nitrogen and oxygen atoms in total. The molecule has 4 rings (SSSR count). The molecule has 1 saturated heterocycles. The first-order valence-electron chi connectivity index (χ1n) is 11.3. The molecule has 3 aromatic rings. The predicted molar refractivity (Wildman–Crippen MR) is 126 cm³/mol. The second-order valence-electron chi connectivity index (χ2n) is 8.24. The standard InChI is InChI=1S/C26H29N5O/c32-25(29-28-21-22-8-7-14-27-20-22)13-15-30-16-18-31(19-17-30)26(23-9-3-1-4-10-23)24-11-5-2-6-12-24/h1-12,14,20-21,26H,13,15-19H2,(H,29,32)/p+2/b28-21-. The number of hydrogen-bond acceptors (Lipinski definition) is 3. The van der Waals surface area contributed by atoms with E-state index in [0.717, 1.165) is 38.3 Å². The van der Waals surface area contributed by atoms with Crippen LogP contribution < -0.4 is 15.2 Å². The number of nitrogens with zero attached hydrogens (tertiary/aromatic N) is 2. The van der Waals surface area contributed by atoms with Gasteiger partial charge in [0.25, 0.3) is 0 Å². The van der Waals surface area contributed by atoms with E-state index in [0.29, 0.717) is 12.5 Å². The second-order valence-corrected chi connectivity index (χ2v) is 8.24. The lowest BCUT2D eigenvalue weighted by Gasteiger charge is -2.35. The molecule has 0 saturated carbocycles. The van der Waals surface area contributed by atoms with Gasteiger partial charge in [0.1, 0.15) is 32.2 Å². The summed E-state index contributed by atoms with van der Waals surface area (Å²) in [5.74, 6) is -0.0427. The molecule has 1 aliphatic heterocycles. The fraction of sp³-hybridized carbons (Fsp3) is 0.269. The first-order valence-corrected chi connectivity index (χ1v) is 11.3. The van der Waals surface area contributed by atoms with Crippen molar-refractivity contribution in [1.82, 2.24) is 10.4 Å². The van der Waals surface area contributed by atoms with E-state index in [1.165, 1.54) is 16.0 Å². The number of aromatic nitrogens is 1. The lowest BCUT2D eigenvalue weighted by atomic mass is 9.96. The quantitative estimate of drug-likeness (QED) is 0.361. The number of nitrogens with one attached hydrogen (secondary N) is 3. The third kappa shape index (κ3) is 6.09. The molecule has 0 bridgehead atoms. The highest BCUT2D eigenvalue weighted by atomic mass is 16.2. The first-order chi connectivity index (χ1) is 15.8. The van der Waals surface area contributed by atoms with Crippen molar-refractivity contribution >= 4 is 12.1 Å². The van der Waals surface area contributed by atoms with Crippen LogP contribution in [0.25, 0.3) is 0 Å². The molecule has 2 aromatic carbocycles. The molecule has 1 amide bonds. The van der Waals surface area contributed by atoms with Crippen LogP contribution in [0, 0.1) is 0 Å². The maximum atomic E-state index is 12.2. The van der Waals surface area contributed by atoms with Crippen LogP contribution in [0.4, 0.5) is 0 Å². The molecular weight excluding hydrogens is 398 g/mol. The van der Waals surface area contributed by atoms with Gasteiger partial charge in [0, 0.05) is 29.1 Å². The Morgan fingerprint density at radius 3 is 2.19 bits per heavy atom. The van der Waals surface area contributed by atoms with Crippen molar-refractivity contribution in [3.63, 3.8) is 0 Å². The summed E-state index contributed by atoms with van der Waals surface area (Å²) < 4.78 is 0. The van der Waals surface area contributed by atoms with Gasteiger partial charge >= 0.3 is 0 Å². The summed E-state index contributed by atoms with van der Waals surface area (Å²) in [4.78, 5) is 19.3. The van der Waals surface area contributed by atoms with Gasteiger partial charge < -0.3 is 9.80 Å². The molecule has 1 aliphatic rings. The van der Waals surface area contributed by atoms with Gasteiger partial charge in [-0.2, -0.15) is 5.10 Å². The molecule has 1 aromatic heterocycles. The highest BCUT2D eigenvalue weighted by molar-refractivity contribution is 5.81. The lowest BCUT2D eigenvalue weighted by molar-refractivity contribution is -1.02. The topological polar surface area (TPSA) is 63.2 Å². The maximum absolute atomic E-state index is 12.2. The van der Waals surface area contributed by atoms with Crippen molar-refractivity contribution in [2.45, 2.75) is 12.5 Å². The summed E-state index contributed by atoms with van der Waals surface area (Å²) in [5, 5.41) is 4.03. The number of hydrazone groups is 1. The number of carbonyl (C=O) groups excluding carboxylic acids is 1. The monoisotopic (exact) mass is 429 g/mol. The summed E-state index contributed by atoms with van der Waals surface area (Å²) in [6, 6.07) is 25.7. The van der Waals surface area contributed by atoms with Crippen LogP contribution in [0.3, 0.4) is 0 Å². The van der Waals surface area contributed by atoms with Crippen LogP contribution in [0.1, 0.15) is 29.2 Å². The number of hydrogen-bond donors (Lipinski definition) is 3. The zero-order valence-corrected chi connectivity index (χ0v) is 18.3. The Bertz CT molecular complexity index is 947. The summed E-state index contributed by atoms with van der Waals surface area (Å²) in [5.41, 5.74) is 6.22. The van der Waals surface area contributed by atoms with Crippen LogP contribution in [0.5, 0.6) is 0 Å². The number of pyridine rings is 1. The van der Waals surface area contributed by atoms with Crippen LogP contribution in [-0.2, 0) is 4.79 Å². The van der Waals surface area contributed by atoms with E-state index in [4.69, 9.17) is 0 Å². The molecule has 32 heavy (non-hydrogen) atoms. The normalized spacial score (nSPS) is 18.7. The first kappa shape index (κ1) is 21.9. The van der Waals surface area contributed by atoms with Gasteiger partial charge in [-0.05, 0) is 6.07 Å². The van der Waals surface area contributed by atoms with Crippen LogP contribution >= 0.6 is 0 Å². The molecule has 6 heteroatoms. The smallest absolute Gasteiger partial charge is 0.245 e. The highest BCUT2D eigenvalue weighted by Crippen LogP contribution is 2.18. The molecule has 0 radical (unpaired) electrons. The number of carbonyl (C=O) groups is 1. The van der Waals surface area contributed by atoms with Crippen molar-refractivity contribution in [3.8, 4) is 0 Å². The molecule has 0 atom stereocenters. The Hall–Kier alpha value is -3.35. The van der Waals surface area contributed by atoms with Gasteiger partial charge in [-0.15, -0.1) is 0 Å². The van der Waals surface area contributed by atoms with E-state index in [-0.39, 0.29) is 5.91 Å². The van der Waals surface area contributed by atoms with Gasteiger partial charge in [0.2, 0.25) is 5.91 Å². The third-order valence-electron chi connectivity index (χ3n) is 6.07. The summed E-state index contributed by atoms with van der Waals surface area (Å²) in [6.07, 6.45) is 5.52. The van der Waals surface area contributed by atoms with Crippen molar-refractivity contribution in [3.05, 3.63) is 102 Å². The van der Waals surface area contributed by atoms with Crippen LogP contribution in [0.2, 0.25) is 0 Å². The van der Waals surface area contributed by atoms with E-state index in [9.17, 15) is 4.79 Å². The molecule has 3 N–H and O–H groups in total. The van der Waals surface area contributed by atoms with Gasteiger partial charge in [0.15, 0.2) is 0 Å². The Labute approximate surface area is 189 Å². The molecule has 2 heterocycles. The molecule has 0 aliphatic carbocycles. The Kier molecular flexibility index (Phi) is 7.74. The van der Waals surface area contributed by atoms with Crippen molar-refractivity contribution in [1.29, 1.82) is 0 Å². The zero-order valence-electron chi connectivity index (χ0n) is 18.3. The minimum atomic E-state index is -0.0427. The largest absolute Gasteiger partial charge is 0.325 e. The zero-order chi connectivity index (χ0) is 22.0. The Morgan fingerprint density at radius 1 is 0.938 bits per heavy atom. The van der Waals surface area contributed by atoms with E-state index in [1.54, 1.807) is 23.5 Å². The molecule has 0 unspecified atom stereocenters. The van der Waals surface area contributed by atoms with E-state index < -0.39 is 0 Å². The van der Waals surface area contributed by atoms with E-state index in [1.807, 2.05) is 12.1 Å². The van der Waals surface area contributed by atoms with Gasteiger partial charge in [-0.1, -0.05) is 66.7 Å². The van der Waals surface area contributed by atoms with Crippen molar-refractivity contribution < 1.29 is 14.6 Å². The maximum Gasteiger partial charge on any atom is 0.245 e. The van der Waals surface area contributed by atoms with Crippen molar-refractivity contribution in [2.75, 3.05) is 32.7 Å². The fourth-order valence-electron chi connectivity index (χ4n) is 4.40. The second kappa shape index (κ2) is 11.3. The average Bonchev–Trinajstić information content (AvgIpc) is 2.86. The summed E-state index contributed by atoms with van der Waals surface area (Å²) >= 11 is 0. The van der Waals surface area contributed by atoms with Crippen LogP contribution in [-0.4, -0.2) is 49.8 Å². The highest BCUT2D eigenvalue weighted by Gasteiger charge is 2.31. The summed E-state index contributed by atoms with van der Waals surface area (Å²) in [7, 11) is 0. The van der Waals surface area contributed by atoms with Gasteiger partial charge in [-0.25, -0.2) is 5.43 Å². The van der Waals surface area contributed by atoms with Crippen molar-refractivity contribution in [2.24, 2.45) is 5.10 Å². The molecular formula is C26H31N5O+2. The molecule has 1 fully saturated rings. The number of benzene rings is 2. The summed E-state index contributed by atoms with van der Waals surface area (Å²) in [6.45, 7) is 5.15. The number of piperazine rings is 1. The molecule has 0 spiro atoms. The van der Waals surface area contributed by atoms with E-state index in [2.05, 4.69) is 76.2 Å². The number of amides is 1. The SMILES string of the molecule is O=C(CC[NH+]1CC[NH+](C(c2ccccc2)c2ccccc2)CC1)N/N=C\c1cccnc1. The fourth-order valence-corrected chi connectivity index (χ4v) is 4.40. The molecule has 164 valence electrons. The van der Waals surface area contributed by atoms with Gasteiger partial charge in [0.05, 0.1) is 19.2 Å². The average molecular weight is 430 g/mol. The number of quaternary nitrogens is 2. The van der Waals surface area contributed by atoms with Crippen LogP contribution in [0.15, 0.2) is 90.3 Å². The predicted octanol–water partition coefficient (Wildman–Crippen LogP) is 0.495.